The molecule has 2 rings (SSSR count). The van der Waals surface area contributed by atoms with Crippen molar-refractivity contribution in [2.24, 2.45) is 5.92 Å². The van der Waals surface area contributed by atoms with Crippen LogP contribution in [0.4, 0.5) is 0 Å². The summed E-state index contributed by atoms with van der Waals surface area (Å²) in [7, 11) is -2.97. The number of hydrogen-bond acceptors (Lipinski definition) is 5. The highest BCUT2D eigenvalue weighted by Gasteiger charge is 2.46. The fourth-order valence-corrected chi connectivity index (χ4v) is 4.00. The van der Waals surface area contributed by atoms with Crippen LogP contribution >= 0.6 is 8.03 Å². The molecule has 2 amide bonds. The molecule has 2 atom stereocenters. The van der Waals surface area contributed by atoms with Gasteiger partial charge in [0.2, 0.25) is 11.6 Å². The van der Waals surface area contributed by atoms with E-state index in [2.05, 4.69) is 0 Å². The van der Waals surface area contributed by atoms with Crippen LogP contribution in [-0.2, 0) is 14.2 Å². The van der Waals surface area contributed by atoms with Crippen molar-refractivity contribution < 1.29 is 38.8 Å². The maximum atomic E-state index is 12.2. The van der Waals surface area contributed by atoms with Crippen LogP contribution in [0.15, 0.2) is 24.3 Å². The van der Waals surface area contributed by atoms with E-state index in [1.54, 1.807) is 24.3 Å². The minimum absolute atomic E-state index is 0.0584. The molecule has 144 valence electrons. The summed E-state index contributed by atoms with van der Waals surface area (Å²) in [5.41, 5.74) is -0.689. The first-order valence-corrected chi connectivity index (χ1v) is 9.60. The zero-order chi connectivity index (χ0) is 20.1. The Morgan fingerprint density at radius 3 is 1.93 bits per heavy atom. The van der Waals surface area contributed by atoms with E-state index in [0.717, 1.165) is 4.90 Å². The molecule has 1 aliphatic heterocycles. The Bertz CT molecular complexity index is 744. The predicted molar refractivity (Wildman–Crippen MR) is 92.7 cm³/mol. The van der Waals surface area contributed by atoms with Gasteiger partial charge in [0.05, 0.1) is 11.1 Å². The van der Waals surface area contributed by atoms with Gasteiger partial charge in [0.15, 0.2) is 0 Å². The van der Waals surface area contributed by atoms with Crippen molar-refractivity contribution in [2.75, 3.05) is 6.54 Å². The number of carbonyl (C=O) groups is 4. The zero-order valence-electron chi connectivity index (χ0n) is 14.3. The van der Waals surface area contributed by atoms with Crippen LogP contribution < -0.4 is 0 Å². The third-order valence-electron chi connectivity index (χ3n) is 4.46. The topological polar surface area (TPSA) is 149 Å². The third-order valence-corrected chi connectivity index (χ3v) is 5.58. The molecular formula is C17H19NO8P+. The number of aliphatic carboxylic acids is 2. The van der Waals surface area contributed by atoms with E-state index in [0.29, 0.717) is 30.4 Å². The molecule has 1 heterocycles. The van der Waals surface area contributed by atoms with Crippen molar-refractivity contribution in [2.45, 2.75) is 31.3 Å². The largest absolute Gasteiger partial charge is 0.510 e. The number of carboxylic acid groups (broad SMARTS) is 2. The first-order chi connectivity index (χ1) is 12.8. The molecule has 2 unspecified atom stereocenters. The number of hydrogen-bond donors (Lipinski definition) is 3. The Morgan fingerprint density at radius 2 is 1.48 bits per heavy atom. The molecule has 27 heavy (non-hydrogen) atoms. The highest BCUT2D eigenvalue weighted by Crippen LogP contribution is 2.34. The Kier molecular flexibility index (Phi) is 6.76. The molecule has 0 radical (unpaired) electrons. The van der Waals surface area contributed by atoms with Gasteiger partial charge < -0.3 is 10.2 Å². The number of nitrogens with zero attached hydrogens (tertiary/aromatic N) is 1. The van der Waals surface area contributed by atoms with Crippen LogP contribution in [0.1, 0.15) is 46.4 Å². The van der Waals surface area contributed by atoms with Gasteiger partial charge in [-0.05, 0) is 36.0 Å². The molecule has 1 aromatic rings. The monoisotopic (exact) mass is 396 g/mol. The number of carbonyl (C=O) groups excluding carboxylic acids is 2. The lowest BCUT2D eigenvalue weighted by Crippen LogP contribution is -2.33. The van der Waals surface area contributed by atoms with E-state index < -0.39 is 31.5 Å². The van der Waals surface area contributed by atoms with Gasteiger partial charge in [0.25, 0.3) is 11.8 Å². The number of benzene rings is 1. The number of carboxylic acids is 2. The van der Waals surface area contributed by atoms with Gasteiger partial charge in [-0.2, -0.15) is 4.89 Å². The number of imide groups is 1. The lowest BCUT2D eigenvalue weighted by molar-refractivity contribution is -0.154. The maximum Gasteiger partial charge on any atom is 0.510 e. The molecule has 0 bridgehead atoms. The molecule has 3 N–H and O–H groups in total. The quantitative estimate of drug-likeness (QED) is 0.234. The summed E-state index contributed by atoms with van der Waals surface area (Å²) in [5, 5.41) is 17.9. The van der Waals surface area contributed by atoms with E-state index in [1.165, 1.54) is 0 Å². The number of rotatable bonds is 10. The van der Waals surface area contributed by atoms with Crippen LogP contribution in [-0.4, -0.2) is 56.0 Å². The summed E-state index contributed by atoms with van der Waals surface area (Å²) in [6.45, 7) is 0.170. The smallest absolute Gasteiger partial charge is 0.480 e. The molecule has 0 saturated carbocycles. The summed E-state index contributed by atoms with van der Waals surface area (Å²) in [6.07, 6.45) is 1.11. The lowest BCUT2D eigenvalue weighted by atomic mass is 10.00. The molecular weight excluding hydrogens is 377 g/mol. The van der Waals surface area contributed by atoms with Crippen LogP contribution in [0.25, 0.3) is 0 Å². The van der Waals surface area contributed by atoms with Crippen LogP contribution in [0, 0.1) is 5.92 Å². The van der Waals surface area contributed by atoms with Crippen molar-refractivity contribution in [1.29, 1.82) is 0 Å². The fourth-order valence-electron chi connectivity index (χ4n) is 3.08. The Morgan fingerprint density at radius 1 is 0.963 bits per heavy atom. The van der Waals surface area contributed by atoms with Gasteiger partial charge in [-0.15, -0.1) is 0 Å². The van der Waals surface area contributed by atoms with E-state index >= 15 is 0 Å². The predicted octanol–water partition coefficient (Wildman–Crippen LogP) is 1.73. The van der Waals surface area contributed by atoms with Crippen molar-refractivity contribution in [3.63, 3.8) is 0 Å². The van der Waals surface area contributed by atoms with Gasteiger partial charge in [-0.1, -0.05) is 18.6 Å². The van der Waals surface area contributed by atoms with Crippen LogP contribution in [0.3, 0.4) is 0 Å². The summed E-state index contributed by atoms with van der Waals surface area (Å²) in [4.78, 5) is 56.9. The van der Waals surface area contributed by atoms with E-state index in [9.17, 15) is 28.6 Å². The maximum absolute atomic E-state index is 12.2. The first kappa shape index (κ1) is 20.7. The van der Waals surface area contributed by atoms with E-state index in [1.807, 2.05) is 0 Å². The summed E-state index contributed by atoms with van der Waals surface area (Å²) in [5.74, 6) is -6.01. The molecule has 10 heteroatoms. The number of fused-ring (bicyclic) bond motifs is 1. The Hall–Kier alpha value is -2.64. The van der Waals surface area contributed by atoms with Gasteiger partial charge >= 0.3 is 20.0 Å². The second-order valence-corrected chi connectivity index (χ2v) is 7.45. The van der Waals surface area contributed by atoms with Crippen LogP contribution in [0.2, 0.25) is 0 Å². The molecule has 0 aliphatic carbocycles. The van der Waals surface area contributed by atoms with Gasteiger partial charge in [-0.25, -0.2) is 0 Å². The standard InChI is InChI=1S/C17H18NO8P/c19-14-10-6-3-4-7-11(10)15(20)18(14)9-5-1-2-8-12(27(25)26)13(16(21)22)17(23)24/h3-4,6-7,12-13H,1-2,5,8-9H2,(H2-,21,22,23,24,25,26)/p+1. The minimum Gasteiger partial charge on any atom is -0.480 e. The third kappa shape index (κ3) is 4.56. The fraction of sp³-hybridized carbons (Fsp3) is 0.412. The molecule has 0 spiro atoms. The lowest BCUT2D eigenvalue weighted by Gasteiger charge is -2.14. The van der Waals surface area contributed by atoms with Gasteiger partial charge in [0, 0.05) is 6.54 Å². The van der Waals surface area contributed by atoms with Crippen molar-refractivity contribution in [1.82, 2.24) is 4.90 Å². The number of amides is 2. The molecule has 1 aromatic carbocycles. The van der Waals surface area contributed by atoms with Crippen molar-refractivity contribution in [3.8, 4) is 0 Å². The van der Waals surface area contributed by atoms with E-state index in [4.69, 9.17) is 10.2 Å². The number of unbranched alkanes of at least 4 members (excludes halogenated alkanes) is 2. The highest BCUT2D eigenvalue weighted by atomic mass is 31.1. The second-order valence-electron chi connectivity index (χ2n) is 6.18. The first-order valence-electron chi connectivity index (χ1n) is 8.31. The summed E-state index contributed by atoms with van der Waals surface area (Å²) < 4.78 is 11.4. The molecule has 0 aromatic heterocycles. The molecule has 1 aliphatic rings. The summed E-state index contributed by atoms with van der Waals surface area (Å²) in [6, 6.07) is 6.50. The molecule has 0 saturated heterocycles. The van der Waals surface area contributed by atoms with Crippen molar-refractivity contribution in [3.05, 3.63) is 35.4 Å². The average Bonchev–Trinajstić information content (AvgIpc) is 2.84. The normalized spacial score (nSPS) is 15.0. The Labute approximate surface area is 155 Å². The average molecular weight is 396 g/mol. The zero-order valence-corrected chi connectivity index (χ0v) is 15.2. The minimum atomic E-state index is -2.97. The molecule has 0 fully saturated rings. The van der Waals surface area contributed by atoms with E-state index in [-0.39, 0.29) is 24.8 Å². The highest BCUT2D eigenvalue weighted by molar-refractivity contribution is 7.39. The second kappa shape index (κ2) is 8.83. The molecule has 9 nitrogen and oxygen atoms in total. The van der Waals surface area contributed by atoms with Crippen molar-refractivity contribution >= 4 is 31.8 Å². The van der Waals surface area contributed by atoms with Crippen LogP contribution in [0.5, 0.6) is 0 Å². The summed E-state index contributed by atoms with van der Waals surface area (Å²) >= 11 is 0. The SMILES string of the molecule is O=C(O)C(C(=O)O)C(CCCCCN1C(=O)c2ccccc2C1=O)[P+](=O)O. The van der Waals surface area contributed by atoms with Gasteiger partial charge in [0.1, 0.15) is 0 Å². The van der Waals surface area contributed by atoms with Gasteiger partial charge in [-0.3, -0.25) is 24.1 Å². The Balaban J connectivity index is 1.86.